The lowest BCUT2D eigenvalue weighted by Crippen LogP contribution is -2.25. The second kappa shape index (κ2) is 7.11. The third-order valence-corrected chi connectivity index (χ3v) is 4.17. The van der Waals surface area contributed by atoms with Crippen LogP contribution < -0.4 is 10.2 Å². The van der Waals surface area contributed by atoms with Gasteiger partial charge in [-0.2, -0.15) is 0 Å². The van der Waals surface area contributed by atoms with E-state index in [1.807, 2.05) is 0 Å². The van der Waals surface area contributed by atoms with E-state index in [-0.39, 0.29) is 0 Å². The number of halogens is 1. The van der Waals surface area contributed by atoms with Crippen molar-refractivity contribution in [1.82, 2.24) is 10.3 Å². The Balaban J connectivity index is 2.10. The van der Waals surface area contributed by atoms with E-state index in [2.05, 4.69) is 35.1 Å². The molecule has 0 amide bonds. The Hall–Kier alpha value is -0.800. The van der Waals surface area contributed by atoms with Crippen LogP contribution in [0.3, 0.4) is 0 Å². The van der Waals surface area contributed by atoms with Gasteiger partial charge in [-0.05, 0) is 43.4 Å². The van der Waals surface area contributed by atoms with Crippen LogP contribution in [0.2, 0.25) is 5.02 Å². The standard InChI is InChI=1S/C15H24ClN3/c1-3-17-10-13-9-15(18-11-14(13)16)19-7-4-5-12(2)6-8-19/h9,11-12,17H,3-8,10H2,1-2H3. The second-order valence-corrected chi connectivity index (χ2v) is 5.84. The minimum absolute atomic E-state index is 0.757. The molecule has 1 aliphatic heterocycles. The first-order chi connectivity index (χ1) is 9.20. The molecule has 0 radical (unpaired) electrons. The Labute approximate surface area is 121 Å². The third kappa shape index (κ3) is 4.08. The van der Waals surface area contributed by atoms with Gasteiger partial charge in [0, 0.05) is 25.8 Å². The van der Waals surface area contributed by atoms with Gasteiger partial charge in [-0.3, -0.25) is 0 Å². The van der Waals surface area contributed by atoms with Crippen LogP contribution in [0.5, 0.6) is 0 Å². The number of aromatic nitrogens is 1. The van der Waals surface area contributed by atoms with Crippen LogP contribution in [0.25, 0.3) is 0 Å². The normalized spacial score (nSPS) is 20.4. The predicted molar refractivity (Wildman–Crippen MR) is 81.9 cm³/mol. The monoisotopic (exact) mass is 281 g/mol. The average Bonchev–Trinajstić information content (AvgIpc) is 2.63. The fourth-order valence-electron chi connectivity index (χ4n) is 2.53. The predicted octanol–water partition coefficient (Wildman–Crippen LogP) is 3.47. The second-order valence-electron chi connectivity index (χ2n) is 5.44. The van der Waals surface area contributed by atoms with Gasteiger partial charge in [0.15, 0.2) is 0 Å². The van der Waals surface area contributed by atoms with Crippen molar-refractivity contribution in [2.75, 3.05) is 24.5 Å². The van der Waals surface area contributed by atoms with Crippen molar-refractivity contribution in [3.63, 3.8) is 0 Å². The minimum Gasteiger partial charge on any atom is -0.357 e. The molecule has 2 heterocycles. The Morgan fingerprint density at radius 1 is 1.42 bits per heavy atom. The van der Waals surface area contributed by atoms with Gasteiger partial charge in [-0.25, -0.2) is 4.98 Å². The van der Waals surface area contributed by atoms with Crippen molar-refractivity contribution < 1.29 is 0 Å². The van der Waals surface area contributed by atoms with E-state index in [9.17, 15) is 0 Å². The summed E-state index contributed by atoms with van der Waals surface area (Å²) in [5.74, 6) is 1.91. The number of anilines is 1. The smallest absolute Gasteiger partial charge is 0.128 e. The van der Waals surface area contributed by atoms with Crippen LogP contribution in [0, 0.1) is 5.92 Å². The van der Waals surface area contributed by atoms with Gasteiger partial charge in [0.05, 0.1) is 5.02 Å². The molecule has 0 spiro atoms. The topological polar surface area (TPSA) is 28.2 Å². The van der Waals surface area contributed by atoms with Crippen molar-refractivity contribution in [1.29, 1.82) is 0 Å². The van der Waals surface area contributed by atoms with E-state index < -0.39 is 0 Å². The highest BCUT2D eigenvalue weighted by atomic mass is 35.5. The molecule has 106 valence electrons. The molecule has 0 aliphatic carbocycles. The lowest BCUT2D eigenvalue weighted by molar-refractivity contribution is 0.521. The van der Waals surface area contributed by atoms with E-state index in [1.165, 1.54) is 19.3 Å². The zero-order valence-electron chi connectivity index (χ0n) is 12.0. The third-order valence-electron chi connectivity index (χ3n) is 3.83. The first-order valence-corrected chi connectivity index (χ1v) is 7.68. The molecular weight excluding hydrogens is 258 g/mol. The van der Waals surface area contributed by atoms with E-state index in [1.54, 1.807) is 6.20 Å². The maximum absolute atomic E-state index is 6.21. The summed E-state index contributed by atoms with van der Waals surface area (Å²) >= 11 is 6.21. The first-order valence-electron chi connectivity index (χ1n) is 7.30. The van der Waals surface area contributed by atoms with Gasteiger partial charge in [-0.1, -0.05) is 25.4 Å². The Morgan fingerprint density at radius 2 is 2.26 bits per heavy atom. The molecule has 1 saturated heterocycles. The molecule has 1 unspecified atom stereocenters. The summed E-state index contributed by atoms with van der Waals surface area (Å²) in [4.78, 5) is 6.90. The van der Waals surface area contributed by atoms with Crippen molar-refractivity contribution in [2.24, 2.45) is 5.92 Å². The van der Waals surface area contributed by atoms with Crippen LogP contribution in [-0.4, -0.2) is 24.6 Å². The van der Waals surface area contributed by atoms with Gasteiger partial charge in [0.2, 0.25) is 0 Å². The first kappa shape index (κ1) is 14.6. The Bertz CT molecular complexity index is 408. The summed E-state index contributed by atoms with van der Waals surface area (Å²) in [6, 6.07) is 2.14. The van der Waals surface area contributed by atoms with Crippen molar-refractivity contribution >= 4 is 17.4 Å². The Morgan fingerprint density at radius 3 is 3.05 bits per heavy atom. The van der Waals surface area contributed by atoms with E-state index in [0.717, 1.165) is 48.5 Å². The largest absolute Gasteiger partial charge is 0.357 e. The molecule has 1 fully saturated rings. The Kier molecular flexibility index (Phi) is 5.46. The SMILES string of the molecule is CCNCc1cc(N2CCCC(C)CC2)ncc1Cl. The summed E-state index contributed by atoms with van der Waals surface area (Å²) in [6.45, 7) is 8.43. The van der Waals surface area contributed by atoms with Crippen LogP contribution in [-0.2, 0) is 6.54 Å². The molecule has 1 aromatic rings. The van der Waals surface area contributed by atoms with Crippen molar-refractivity contribution in [2.45, 2.75) is 39.7 Å². The van der Waals surface area contributed by atoms with Gasteiger partial charge in [0.1, 0.15) is 5.82 Å². The number of nitrogens with one attached hydrogen (secondary N) is 1. The number of rotatable bonds is 4. The molecule has 0 saturated carbocycles. The molecule has 3 nitrogen and oxygen atoms in total. The van der Waals surface area contributed by atoms with E-state index >= 15 is 0 Å². The van der Waals surface area contributed by atoms with E-state index in [0.29, 0.717) is 0 Å². The zero-order valence-corrected chi connectivity index (χ0v) is 12.7. The summed E-state index contributed by atoms with van der Waals surface area (Å²) in [7, 11) is 0. The maximum Gasteiger partial charge on any atom is 0.128 e. The van der Waals surface area contributed by atoms with Crippen molar-refractivity contribution in [3.05, 3.63) is 22.8 Å². The van der Waals surface area contributed by atoms with Crippen LogP contribution in [0.4, 0.5) is 5.82 Å². The molecule has 0 aromatic carbocycles. The highest BCUT2D eigenvalue weighted by Crippen LogP contribution is 2.24. The molecule has 2 rings (SSSR count). The molecule has 1 aliphatic rings. The number of hydrogen-bond donors (Lipinski definition) is 1. The molecular formula is C15H24ClN3. The summed E-state index contributed by atoms with van der Waals surface area (Å²) in [5.41, 5.74) is 1.14. The zero-order chi connectivity index (χ0) is 13.7. The van der Waals surface area contributed by atoms with Crippen molar-refractivity contribution in [3.8, 4) is 0 Å². The van der Waals surface area contributed by atoms with E-state index in [4.69, 9.17) is 11.6 Å². The number of nitrogens with zero attached hydrogens (tertiary/aromatic N) is 2. The highest BCUT2D eigenvalue weighted by molar-refractivity contribution is 6.31. The molecule has 4 heteroatoms. The summed E-state index contributed by atoms with van der Waals surface area (Å²) in [5, 5.41) is 4.08. The van der Waals surface area contributed by atoms with Gasteiger partial charge in [-0.15, -0.1) is 0 Å². The molecule has 19 heavy (non-hydrogen) atoms. The fourth-order valence-corrected chi connectivity index (χ4v) is 2.70. The van der Waals surface area contributed by atoms with Crippen LogP contribution in [0.1, 0.15) is 38.7 Å². The number of hydrogen-bond acceptors (Lipinski definition) is 3. The lowest BCUT2D eigenvalue weighted by Gasteiger charge is -2.22. The highest BCUT2D eigenvalue weighted by Gasteiger charge is 2.16. The van der Waals surface area contributed by atoms with Crippen LogP contribution >= 0.6 is 11.6 Å². The quantitative estimate of drug-likeness (QED) is 0.916. The molecule has 0 bridgehead atoms. The number of pyridine rings is 1. The maximum atomic E-state index is 6.21. The summed E-state index contributed by atoms with van der Waals surface area (Å²) < 4.78 is 0. The van der Waals surface area contributed by atoms with Crippen LogP contribution in [0.15, 0.2) is 12.3 Å². The fraction of sp³-hybridized carbons (Fsp3) is 0.667. The van der Waals surface area contributed by atoms with Gasteiger partial charge >= 0.3 is 0 Å². The molecule has 1 atom stereocenters. The molecule has 1 aromatic heterocycles. The molecule has 1 N–H and O–H groups in total. The average molecular weight is 282 g/mol. The van der Waals surface area contributed by atoms with Gasteiger partial charge in [0.25, 0.3) is 0 Å². The lowest BCUT2D eigenvalue weighted by atomic mass is 10.0. The minimum atomic E-state index is 0.757. The summed E-state index contributed by atoms with van der Waals surface area (Å²) in [6.07, 6.45) is 5.63. The van der Waals surface area contributed by atoms with Gasteiger partial charge < -0.3 is 10.2 Å².